The predicted molar refractivity (Wildman–Crippen MR) is 83.9 cm³/mol. The molecule has 3 rings (SSSR count). The summed E-state index contributed by atoms with van der Waals surface area (Å²) >= 11 is 0. The highest BCUT2D eigenvalue weighted by Gasteiger charge is 2.14. The topological polar surface area (TPSA) is 42.1 Å². The lowest BCUT2D eigenvalue weighted by Crippen LogP contribution is -2.05. The number of ether oxygens (including phenoxy) is 1. The van der Waals surface area contributed by atoms with E-state index in [9.17, 15) is 4.79 Å². The van der Waals surface area contributed by atoms with Gasteiger partial charge in [0.2, 0.25) is 0 Å². The van der Waals surface area contributed by atoms with E-state index in [1.165, 1.54) is 0 Å². The molecule has 0 saturated carbocycles. The van der Waals surface area contributed by atoms with Gasteiger partial charge in [-0.05, 0) is 32.0 Å². The van der Waals surface area contributed by atoms with Gasteiger partial charge < -0.3 is 9.72 Å². The van der Waals surface area contributed by atoms with Crippen LogP contribution >= 0.6 is 0 Å². The van der Waals surface area contributed by atoms with Gasteiger partial charge in [-0.3, -0.25) is 4.79 Å². The van der Waals surface area contributed by atoms with E-state index in [1.807, 2.05) is 62.4 Å². The largest absolute Gasteiger partial charge is 0.491 e. The van der Waals surface area contributed by atoms with Crippen LogP contribution in [0.5, 0.6) is 5.75 Å². The molecule has 1 heterocycles. The van der Waals surface area contributed by atoms with Gasteiger partial charge in [-0.1, -0.05) is 30.3 Å². The summed E-state index contributed by atoms with van der Waals surface area (Å²) in [6, 6.07) is 15.1. The second-order valence-corrected chi connectivity index (χ2v) is 5.27. The molecule has 3 nitrogen and oxygen atoms in total. The highest BCUT2D eigenvalue weighted by Crippen LogP contribution is 2.26. The van der Waals surface area contributed by atoms with Gasteiger partial charge in [0.15, 0.2) is 5.78 Å². The van der Waals surface area contributed by atoms with Crippen LogP contribution in [0.15, 0.2) is 54.7 Å². The number of H-pyrrole nitrogens is 1. The number of carbonyl (C=O) groups is 1. The number of nitrogens with one attached hydrogen (secondary N) is 1. The quantitative estimate of drug-likeness (QED) is 0.728. The first-order chi connectivity index (χ1) is 10.1. The van der Waals surface area contributed by atoms with Gasteiger partial charge in [0.25, 0.3) is 0 Å². The van der Waals surface area contributed by atoms with Crippen molar-refractivity contribution < 1.29 is 9.53 Å². The number of fused-ring (bicyclic) bond motifs is 1. The van der Waals surface area contributed by atoms with Gasteiger partial charge in [0, 0.05) is 28.2 Å². The minimum absolute atomic E-state index is 0.0172. The number of ketones is 1. The summed E-state index contributed by atoms with van der Waals surface area (Å²) in [5.41, 5.74) is 2.30. The maximum Gasteiger partial charge on any atom is 0.195 e. The summed E-state index contributed by atoms with van der Waals surface area (Å²) < 4.78 is 5.71. The first kappa shape index (κ1) is 13.4. The second-order valence-electron chi connectivity index (χ2n) is 5.27. The van der Waals surface area contributed by atoms with Crippen LogP contribution in [0, 0.1) is 0 Å². The lowest BCUT2D eigenvalue weighted by Gasteiger charge is -2.09. The molecule has 0 radical (unpaired) electrons. The van der Waals surface area contributed by atoms with Crippen LogP contribution in [-0.4, -0.2) is 16.9 Å². The Kier molecular flexibility index (Phi) is 3.48. The number of carbonyl (C=O) groups excluding carboxylic acids is 1. The monoisotopic (exact) mass is 279 g/mol. The lowest BCUT2D eigenvalue weighted by atomic mass is 10.0. The Balaban J connectivity index is 2.04. The summed E-state index contributed by atoms with van der Waals surface area (Å²) in [5, 5.41) is 0.891. The van der Waals surface area contributed by atoms with Crippen LogP contribution in [0.2, 0.25) is 0 Å². The van der Waals surface area contributed by atoms with Gasteiger partial charge in [0.1, 0.15) is 5.75 Å². The van der Waals surface area contributed by atoms with E-state index < -0.39 is 0 Å². The number of hydrogen-bond donors (Lipinski definition) is 1. The van der Waals surface area contributed by atoms with Gasteiger partial charge in [-0.15, -0.1) is 0 Å². The molecular weight excluding hydrogens is 262 g/mol. The molecular formula is C18H17NO2. The summed E-state index contributed by atoms with van der Waals surface area (Å²) in [7, 11) is 0. The molecule has 3 heteroatoms. The van der Waals surface area contributed by atoms with Crippen molar-refractivity contribution in [3.63, 3.8) is 0 Å². The molecule has 0 saturated heterocycles. The molecule has 21 heavy (non-hydrogen) atoms. The van der Waals surface area contributed by atoms with Crippen molar-refractivity contribution in [2.24, 2.45) is 0 Å². The van der Waals surface area contributed by atoms with E-state index in [0.717, 1.165) is 16.7 Å². The molecule has 3 aromatic rings. The first-order valence-electron chi connectivity index (χ1n) is 7.02. The van der Waals surface area contributed by atoms with Crippen molar-refractivity contribution >= 4 is 16.7 Å². The van der Waals surface area contributed by atoms with E-state index in [1.54, 1.807) is 6.20 Å². The summed E-state index contributed by atoms with van der Waals surface area (Å²) in [6.07, 6.45) is 1.87. The molecule has 0 fully saturated rings. The Morgan fingerprint density at radius 2 is 1.86 bits per heavy atom. The van der Waals surface area contributed by atoms with E-state index in [4.69, 9.17) is 4.74 Å². The Bertz CT molecular complexity index is 772. The molecule has 0 unspecified atom stereocenters. The fourth-order valence-electron chi connectivity index (χ4n) is 2.38. The zero-order chi connectivity index (χ0) is 14.8. The average molecular weight is 279 g/mol. The number of aromatic amines is 1. The van der Waals surface area contributed by atoms with Crippen molar-refractivity contribution in [3.05, 3.63) is 65.9 Å². The zero-order valence-corrected chi connectivity index (χ0v) is 12.1. The number of benzene rings is 2. The van der Waals surface area contributed by atoms with Crippen molar-refractivity contribution in [3.8, 4) is 5.75 Å². The number of hydrogen-bond acceptors (Lipinski definition) is 2. The Hall–Kier alpha value is -2.55. The molecule has 1 N–H and O–H groups in total. The molecule has 0 aliphatic rings. The molecule has 106 valence electrons. The third-order valence-electron chi connectivity index (χ3n) is 3.31. The zero-order valence-electron chi connectivity index (χ0n) is 12.1. The predicted octanol–water partition coefficient (Wildman–Crippen LogP) is 4.19. The maximum atomic E-state index is 12.6. The first-order valence-corrected chi connectivity index (χ1v) is 7.02. The van der Waals surface area contributed by atoms with Crippen LogP contribution < -0.4 is 4.74 Å². The molecule has 2 aromatic carbocycles. The minimum Gasteiger partial charge on any atom is -0.491 e. The highest BCUT2D eigenvalue weighted by molar-refractivity contribution is 6.16. The van der Waals surface area contributed by atoms with Crippen LogP contribution in [0.3, 0.4) is 0 Å². The van der Waals surface area contributed by atoms with Crippen LogP contribution in [0.4, 0.5) is 0 Å². The summed E-state index contributed by atoms with van der Waals surface area (Å²) in [4.78, 5) is 15.7. The van der Waals surface area contributed by atoms with E-state index in [0.29, 0.717) is 11.1 Å². The number of rotatable bonds is 4. The molecule has 0 aliphatic heterocycles. The number of aromatic nitrogens is 1. The lowest BCUT2D eigenvalue weighted by molar-refractivity contribution is 0.104. The van der Waals surface area contributed by atoms with Gasteiger partial charge in [-0.25, -0.2) is 0 Å². The smallest absolute Gasteiger partial charge is 0.195 e. The van der Waals surface area contributed by atoms with Crippen LogP contribution in [0.25, 0.3) is 10.9 Å². The van der Waals surface area contributed by atoms with Gasteiger partial charge >= 0.3 is 0 Å². The molecule has 0 aliphatic carbocycles. The van der Waals surface area contributed by atoms with Gasteiger partial charge in [0.05, 0.1) is 6.10 Å². The van der Waals surface area contributed by atoms with Gasteiger partial charge in [-0.2, -0.15) is 0 Å². The maximum absolute atomic E-state index is 12.6. The standard InChI is InChI=1S/C18H17NO2/c1-12(2)21-14-8-9-17-15(10-14)16(11-19-17)18(20)13-6-4-3-5-7-13/h3-12,19H,1-2H3. The Morgan fingerprint density at radius 3 is 2.57 bits per heavy atom. The highest BCUT2D eigenvalue weighted by atomic mass is 16.5. The van der Waals surface area contributed by atoms with Crippen molar-refractivity contribution in [2.75, 3.05) is 0 Å². The fraction of sp³-hybridized carbons (Fsp3) is 0.167. The summed E-state index contributed by atoms with van der Waals surface area (Å²) in [5.74, 6) is 0.794. The Morgan fingerprint density at radius 1 is 1.10 bits per heavy atom. The minimum atomic E-state index is 0.0172. The second kappa shape index (κ2) is 5.44. The normalized spacial score (nSPS) is 11.0. The van der Waals surface area contributed by atoms with E-state index in [2.05, 4.69) is 4.98 Å². The summed E-state index contributed by atoms with van der Waals surface area (Å²) in [6.45, 7) is 3.97. The van der Waals surface area contributed by atoms with Crippen LogP contribution in [-0.2, 0) is 0 Å². The fourth-order valence-corrected chi connectivity index (χ4v) is 2.38. The van der Waals surface area contributed by atoms with Crippen molar-refractivity contribution in [1.82, 2.24) is 4.98 Å². The van der Waals surface area contributed by atoms with Crippen molar-refractivity contribution in [2.45, 2.75) is 20.0 Å². The molecule has 0 spiro atoms. The molecule has 0 atom stereocenters. The molecule has 1 aromatic heterocycles. The SMILES string of the molecule is CC(C)Oc1ccc2[nH]cc(C(=O)c3ccccc3)c2c1. The van der Waals surface area contributed by atoms with Crippen LogP contribution in [0.1, 0.15) is 29.8 Å². The van der Waals surface area contributed by atoms with E-state index in [-0.39, 0.29) is 11.9 Å². The third kappa shape index (κ3) is 2.68. The Labute approximate surface area is 123 Å². The van der Waals surface area contributed by atoms with Crippen molar-refractivity contribution in [1.29, 1.82) is 0 Å². The molecule has 0 bridgehead atoms. The average Bonchev–Trinajstić information content (AvgIpc) is 2.90. The third-order valence-corrected chi connectivity index (χ3v) is 3.31. The molecule has 0 amide bonds. The van der Waals surface area contributed by atoms with E-state index >= 15 is 0 Å².